The van der Waals surface area contributed by atoms with Crippen LogP contribution in [0.2, 0.25) is 0 Å². The lowest BCUT2D eigenvalue weighted by atomic mass is 10.2. The largest absolute Gasteiger partial charge is 0.314 e. The molecule has 1 aromatic heterocycles. The van der Waals surface area contributed by atoms with Gasteiger partial charge in [-0.3, -0.25) is 4.98 Å². The zero-order chi connectivity index (χ0) is 13.0. The Hall–Kier alpha value is -0.210. The molecule has 1 aliphatic rings. The predicted octanol–water partition coefficient (Wildman–Crippen LogP) is 1.69. The summed E-state index contributed by atoms with van der Waals surface area (Å²) in [6.45, 7) is 1.49. The molecule has 2 rings (SSSR count). The highest BCUT2D eigenvalue weighted by atomic mass is 79.9. The van der Waals surface area contributed by atoms with Gasteiger partial charge in [0.1, 0.15) is 4.90 Å². The van der Waals surface area contributed by atoms with E-state index in [-0.39, 0.29) is 17.3 Å². The number of hydrogen-bond donors (Lipinski definition) is 2. The lowest BCUT2D eigenvalue weighted by molar-refractivity contribution is 0.539. The molecule has 2 heterocycles. The zero-order valence-electron chi connectivity index (χ0n) is 10.3. The van der Waals surface area contributed by atoms with Crippen molar-refractivity contribution in [3.05, 3.63) is 22.9 Å². The van der Waals surface area contributed by atoms with Gasteiger partial charge < -0.3 is 5.32 Å². The Bertz CT molecular complexity index is 506. The van der Waals surface area contributed by atoms with Gasteiger partial charge in [-0.05, 0) is 47.8 Å². The molecule has 1 fully saturated rings. The average Bonchev–Trinajstić information content (AvgIpc) is 2.82. The summed E-state index contributed by atoms with van der Waals surface area (Å²) in [4.78, 5) is 4.05. The minimum Gasteiger partial charge on any atom is -0.314 e. The normalized spacial score (nSPS) is 19.1. The number of rotatable bonds is 5. The fourth-order valence-electron chi connectivity index (χ4n) is 1.99. The molecule has 0 spiro atoms. The van der Waals surface area contributed by atoms with E-state index in [0.29, 0.717) is 17.1 Å². The summed E-state index contributed by atoms with van der Waals surface area (Å²) in [5.41, 5.74) is 0. The van der Waals surface area contributed by atoms with Gasteiger partial charge in [-0.15, -0.1) is 12.4 Å². The fourth-order valence-corrected chi connectivity index (χ4v) is 3.54. The minimum atomic E-state index is -3.44. The second-order valence-corrected chi connectivity index (χ2v) is 7.00. The van der Waals surface area contributed by atoms with E-state index < -0.39 is 10.0 Å². The summed E-state index contributed by atoms with van der Waals surface area (Å²) in [5.74, 6) is 0. The first-order chi connectivity index (χ1) is 8.58. The zero-order valence-corrected chi connectivity index (χ0v) is 13.5. The molecule has 0 radical (unpaired) electrons. The molecule has 0 bridgehead atoms. The van der Waals surface area contributed by atoms with Gasteiger partial charge in [-0.1, -0.05) is 0 Å². The molecule has 1 saturated heterocycles. The van der Waals surface area contributed by atoms with Crippen LogP contribution in [-0.4, -0.2) is 32.5 Å². The Labute approximate surface area is 128 Å². The molecule has 1 atom stereocenters. The summed E-state index contributed by atoms with van der Waals surface area (Å²) in [7, 11) is -3.44. The number of hydrogen-bond acceptors (Lipinski definition) is 4. The number of sulfonamides is 1. The van der Waals surface area contributed by atoms with Crippen LogP contribution >= 0.6 is 28.3 Å². The molecule has 0 saturated carbocycles. The standard InChI is InChI=1S/C11H16BrN3O2S.ClH/c12-9-6-11(8-13-7-9)18(16,17)15-5-3-10-2-1-4-14-10;/h6-8,10,14-15H,1-5H2;1H/t10-;/m1./s1. The number of pyridine rings is 1. The van der Waals surface area contributed by atoms with Crippen LogP contribution in [0.5, 0.6) is 0 Å². The summed E-state index contributed by atoms with van der Waals surface area (Å²) in [5, 5.41) is 3.34. The van der Waals surface area contributed by atoms with Crippen LogP contribution in [0.1, 0.15) is 19.3 Å². The highest BCUT2D eigenvalue weighted by molar-refractivity contribution is 9.10. The molecule has 2 N–H and O–H groups in total. The molecule has 108 valence electrons. The van der Waals surface area contributed by atoms with Crippen molar-refractivity contribution in [2.45, 2.75) is 30.2 Å². The molecular weight excluding hydrogens is 354 g/mol. The van der Waals surface area contributed by atoms with Gasteiger partial charge in [-0.25, -0.2) is 13.1 Å². The Morgan fingerprint density at radius 2 is 2.26 bits per heavy atom. The van der Waals surface area contributed by atoms with Crippen molar-refractivity contribution < 1.29 is 8.42 Å². The molecule has 1 aromatic rings. The van der Waals surface area contributed by atoms with Gasteiger partial charge in [0.15, 0.2) is 0 Å². The van der Waals surface area contributed by atoms with Gasteiger partial charge in [0.25, 0.3) is 0 Å². The van der Waals surface area contributed by atoms with E-state index in [2.05, 4.69) is 31.0 Å². The van der Waals surface area contributed by atoms with Crippen LogP contribution in [0.15, 0.2) is 27.8 Å². The van der Waals surface area contributed by atoms with Crippen LogP contribution in [0, 0.1) is 0 Å². The van der Waals surface area contributed by atoms with E-state index in [4.69, 9.17) is 0 Å². The monoisotopic (exact) mass is 369 g/mol. The Morgan fingerprint density at radius 3 is 2.89 bits per heavy atom. The van der Waals surface area contributed by atoms with E-state index in [1.807, 2.05) is 0 Å². The smallest absolute Gasteiger partial charge is 0.242 e. The van der Waals surface area contributed by atoms with Gasteiger partial charge in [0, 0.05) is 29.5 Å². The third kappa shape index (κ3) is 5.00. The van der Waals surface area contributed by atoms with Crippen molar-refractivity contribution in [1.29, 1.82) is 0 Å². The Balaban J connectivity index is 0.00000180. The minimum absolute atomic E-state index is 0. The van der Waals surface area contributed by atoms with Crippen LogP contribution in [0.3, 0.4) is 0 Å². The van der Waals surface area contributed by atoms with E-state index >= 15 is 0 Å². The lowest BCUT2D eigenvalue weighted by Gasteiger charge is -2.11. The number of halogens is 2. The molecule has 0 aliphatic carbocycles. The van der Waals surface area contributed by atoms with Crippen LogP contribution in [-0.2, 0) is 10.0 Å². The predicted molar refractivity (Wildman–Crippen MR) is 80.0 cm³/mol. The first kappa shape index (κ1) is 16.8. The van der Waals surface area contributed by atoms with Gasteiger partial charge in [0.05, 0.1) is 0 Å². The Morgan fingerprint density at radius 1 is 1.47 bits per heavy atom. The third-order valence-corrected chi connectivity index (χ3v) is 4.80. The average molecular weight is 371 g/mol. The molecule has 0 amide bonds. The molecule has 0 aromatic carbocycles. The van der Waals surface area contributed by atoms with E-state index in [1.54, 1.807) is 12.3 Å². The van der Waals surface area contributed by atoms with Crippen molar-refractivity contribution in [3.63, 3.8) is 0 Å². The van der Waals surface area contributed by atoms with Crippen molar-refractivity contribution in [3.8, 4) is 0 Å². The van der Waals surface area contributed by atoms with Gasteiger partial charge >= 0.3 is 0 Å². The second kappa shape index (κ2) is 7.54. The van der Waals surface area contributed by atoms with Crippen LogP contribution < -0.4 is 10.0 Å². The Kier molecular flexibility index (Phi) is 6.68. The molecule has 1 aliphatic heterocycles. The quantitative estimate of drug-likeness (QED) is 0.827. The first-order valence-corrected chi connectivity index (χ1v) is 8.19. The summed E-state index contributed by atoms with van der Waals surface area (Å²) in [6, 6.07) is 1.98. The number of nitrogens with one attached hydrogen (secondary N) is 2. The third-order valence-electron chi connectivity index (χ3n) is 2.94. The maximum atomic E-state index is 12.0. The first-order valence-electron chi connectivity index (χ1n) is 5.91. The maximum Gasteiger partial charge on any atom is 0.242 e. The van der Waals surface area contributed by atoms with Crippen LogP contribution in [0.25, 0.3) is 0 Å². The number of aromatic nitrogens is 1. The topological polar surface area (TPSA) is 71.1 Å². The molecule has 0 unspecified atom stereocenters. The van der Waals surface area contributed by atoms with Crippen molar-refractivity contribution >= 4 is 38.4 Å². The van der Waals surface area contributed by atoms with Crippen molar-refractivity contribution in [1.82, 2.24) is 15.0 Å². The van der Waals surface area contributed by atoms with E-state index in [0.717, 1.165) is 19.4 Å². The molecular formula is C11H17BrClN3O2S. The molecule has 5 nitrogen and oxygen atoms in total. The molecule has 19 heavy (non-hydrogen) atoms. The van der Waals surface area contributed by atoms with Gasteiger partial charge in [0.2, 0.25) is 10.0 Å². The fraction of sp³-hybridized carbons (Fsp3) is 0.545. The number of nitrogens with zero attached hydrogens (tertiary/aromatic N) is 1. The lowest BCUT2D eigenvalue weighted by Crippen LogP contribution is -2.30. The highest BCUT2D eigenvalue weighted by Crippen LogP contribution is 2.14. The van der Waals surface area contributed by atoms with E-state index in [1.165, 1.54) is 12.6 Å². The van der Waals surface area contributed by atoms with E-state index in [9.17, 15) is 8.42 Å². The summed E-state index contributed by atoms with van der Waals surface area (Å²) >= 11 is 3.21. The summed E-state index contributed by atoms with van der Waals surface area (Å²) < 4.78 is 27.2. The van der Waals surface area contributed by atoms with Gasteiger partial charge in [-0.2, -0.15) is 0 Å². The van der Waals surface area contributed by atoms with Crippen molar-refractivity contribution in [2.24, 2.45) is 0 Å². The summed E-state index contributed by atoms with van der Waals surface area (Å²) in [6.07, 6.45) is 6.02. The highest BCUT2D eigenvalue weighted by Gasteiger charge is 2.17. The SMILES string of the molecule is Cl.O=S(=O)(NCC[C@H]1CCCN1)c1cncc(Br)c1. The van der Waals surface area contributed by atoms with Crippen LogP contribution in [0.4, 0.5) is 0 Å². The maximum absolute atomic E-state index is 12.0. The molecule has 8 heteroatoms. The second-order valence-electron chi connectivity index (χ2n) is 4.32. The van der Waals surface area contributed by atoms with Crippen molar-refractivity contribution in [2.75, 3.05) is 13.1 Å².